The Bertz CT molecular complexity index is 856. The fourth-order valence-electron chi connectivity index (χ4n) is 2.17. The summed E-state index contributed by atoms with van der Waals surface area (Å²) in [6, 6.07) is 6.98. The number of phenols is 2. The molecule has 2 aromatic carbocycles. The summed E-state index contributed by atoms with van der Waals surface area (Å²) in [5.74, 6) is -0.930. The number of ether oxygens (including phenoxy) is 1. The molecule has 0 spiro atoms. The highest BCUT2D eigenvalue weighted by Crippen LogP contribution is 2.27. The lowest BCUT2D eigenvalue weighted by atomic mass is 10.1. The Hall–Kier alpha value is -3.62. The predicted octanol–water partition coefficient (Wildman–Crippen LogP) is 2.15. The molecule has 0 aliphatic carbocycles. The van der Waals surface area contributed by atoms with E-state index in [1.54, 1.807) is 19.9 Å². The highest BCUT2D eigenvalue weighted by molar-refractivity contribution is 5.87. The maximum atomic E-state index is 11.8. The Morgan fingerprint density at radius 3 is 2.69 bits per heavy atom. The van der Waals surface area contributed by atoms with Crippen LogP contribution in [0, 0.1) is 24.0 Å². The molecule has 0 aliphatic rings. The molecule has 2 aromatic rings. The molecule has 26 heavy (non-hydrogen) atoms. The highest BCUT2D eigenvalue weighted by Gasteiger charge is 2.16. The van der Waals surface area contributed by atoms with Gasteiger partial charge in [-0.3, -0.25) is 14.9 Å². The van der Waals surface area contributed by atoms with Crippen LogP contribution in [0.25, 0.3) is 0 Å². The van der Waals surface area contributed by atoms with Crippen molar-refractivity contribution in [3.63, 3.8) is 0 Å². The summed E-state index contributed by atoms with van der Waals surface area (Å²) in [7, 11) is 0. The van der Waals surface area contributed by atoms with E-state index in [0.717, 1.165) is 6.07 Å². The number of aromatic hydroxyl groups is 2. The van der Waals surface area contributed by atoms with Gasteiger partial charge in [0.05, 0.1) is 11.1 Å². The Kier molecular flexibility index (Phi) is 5.74. The van der Waals surface area contributed by atoms with Crippen LogP contribution in [-0.2, 0) is 4.79 Å². The highest BCUT2D eigenvalue weighted by atomic mass is 16.6. The second-order valence-electron chi connectivity index (χ2n) is 5.51. The van der Waals surface area contributed by atoms with E-state index >= 15 is 0 Å². The van der Waals surface area contributed by atoms with Gasteiger partial charge in [-0.2, -0.15) is 5.10 Å². The molecule has 136 valence electrons. The second kappa shape index (κ2) is 7.97. The van der Waals surface area contributed by atoms with Gasteiger partial charge < -0.3 is 14.9 Å². The molecule has 1 amide bonds. The molecule has 0 fully saturated rings. The third kappa shape index (κ3) is 4.69. The van der Waals surface area contributed by atoms with Gasteiger partial charge in [-0.05, 0) is 37.1 Å². The molecule has 0 radical (unpaired) electrons. The average Bonchev–Trinajstić information content (AvgIpc) is 2.55. The van der Waals surface area contributed by atoms with Crippen molar-refractivity contribution < 1.29 is 24.7 Å². The van der Waals surface area contributed by atoms with Crippen molar-refractivity contribution in [2.45, 2.75) is 13.8 Å². The number of nitrogens with one attached hydrogen (secondary N) is 1. The molecule has 0 aromatic heterocycles. The number of rotatable bonds is 6. The largest absolute Gasteiger partial charge is 0.508 e. The minimum absolute atomic E-state index is 0.0215. The molecule has 0 unspecified atom stereocenters. The number of hydrazone groups is 1. The topological polar surface area (TPSA) is 134 Å². The van der Waals surface area contributed by atoms with Crippen LogP contribution >= 0.6 is 0 Å². The maximum Gasteiger partial charge on any atom is 0.311 e. The minimum Gasteiger partial charge on any atom is -0.508 e. The average molecular weight is 359 g/mol. The zero-order valence-corrected chi connectivity index (χ0v) is 14.1. The SMILES string of the molecule is Cc1ccc(OCC(=O)N/N=C/c2c(C)cc(O)cc2O)c([N+](=O)[O-])c1. The van der Waals surface area contributed by atoms with Crippen molar-refractivity contribution >= 4 is 17.8 Å². The quantitative estimate of drug-likeness (QED) is 0.411. The smallest absolute Gasteiger partial charge is 0.311 e. The van der Waals surface area contributed by atoms with E-state index < -0.39 is 17.4 Å². The third-order valence-corrected chi connectivity index (χ3v) is 3.40. The van der Waals surface area contributed by atoms with Crippen molar-refractivity contribution in [3.8, 4) is 17.2 Å². The van der Waals surface area contributed by atoms with Crippen LogP contribution < -0.4 is 10.2 Å². The molecular formula is C17H17N3O6. The van der Waals surface area contributed by atoms with E-state index in [1.807, 2.05) is 0 Å². The lowest BCUT2D eigenvalue weighted by Crippen LogP contribution is -2.24. The van der Waals surface area contributed by atoms with Crippen LogP contribution in [0.15, 0.2) is 35.4 Å². The Morgan fingerprint density at radius 2 is 2.04 bits per heavy atom. The van der Waals surface area contributed by atoms with E-state index in [9.17, 15) is 25.1 Å². The molecule has 0 heterocycles. The summed E-state index contributed by atoms with van der Waals surface area (Å²) in [5.41, 5.74) is 3.55. The number of hydrogen-bond donors (Lipinski definition) is 3. The van der Waals surface area contributed by atoms with Crippen LogP contribution in [0.3, 0.4) is 0 Å². The van der Waals surface area contributed by atoms with Crippen LogP contribution in [0.2, 0.25) is 0 Å². The normalized spacial score (nSPS) is 10.7. The minimum atomic E-state index is -0.632. The monoisotopic (exact) mass is 359 g/mol. The van der Waals surface area contributed by atoms with E-state index in [1.165, 1.54) is 24.4 Å². The molecule has 0 aliphatic heterocycles. The Balaban J connectivity index is 1.97. The summed E-state index contributed by atoms with van der Waals surface area (Å²) in [6.45, 7) is 2.89. The number of nitrogens with zero attached hydrogens (tertiary/aromatic N) is 2. The number of carbonyl (C=O) groups is 1. The molecule has 0 saturated heterocycles. The van der Waals surface area contributed by atoms with Gasteiger partial charge in [0.1, 0.15) is 11.5 Å². The molecule has 2 rings (SSSR count). The van der Waals surface area contributed by atoms with Crippen molar-refractivity contribution in [2.75, 3.05) is 6.61 Å². The molecule has 9 heteroatoms. The first-order valence-corrected chi connectivity index (χ1v) is 7.50. The van der Waals surface area contributed by atoms with Gasteiger partial charge in [-0.25, -0.2) is 5.43 Å². The lowest BCUT2D eigenvalue weighted by Gasteiger charge is -2.07. The van der Waals surface area contributed by atoms with Crippen molar-refractivity contribution in [1.29, 1.82) is 0 Å². The second-order valence-corrected chi connectivity index (χ2v) is 5.51. The summed E-state index contributed by atoms with van der Waals surface area (Å²) in [5, 5.41) is 33.8. The van der Waals surface area contributed by atoms with Crippen molar-refractivity contribution in [1.82, 2.24) is 5.43 Å². The predicted molar refractivity (Wildman–Crippen MR) is 93.6 cm³/mol. The van der Waals surface area contributed by atoms with Gasteiger partial charge in [0, 0.05) is 17.7 Å². The van der Waals surface area contributed by atoms with Crippen LogP contribution in [0.5, 0.6) is 17.2 Å². The van der Waals surface area contributed by atoms with Gasteiger partial charge in [0.25, 0.3) is 5.91 Å². The Morgan fingerprint density at radius 1 is 1.31 bits per heavy atom. The number of amides is 1. The maximum absolute atomic E-state index is 11.8. The van der Waals surface area contributed by atoms with Crippen LogP contribution in [0.4, 0.5) is 5.69 Å². The van der Waals surface area contributed by atoms with Gasteiger partial charge in [-0.15, -0.1) is 0 Å². The zero-order valence-electron chi connectivity index (χ0n) is 14.1. The summed E-state index contributed by atoms with van der Waals surface area (Å²) in [4.78, 5) is 22.2. The number of carbonyl (C=O) groups excluding carboxylic acids is 1. The van der Waals surface area contributed by atoms with E-state index in [2.05, 4.69) is 10.5 Å². The van der Waals surface area contributed by atoms with Crippen LogP contribution in [-0.4, -0.2) is 33.9 Å². The molecule has 3 N–H and O–H groups in total. The zero-order chi connectivity index (χ0) is 19.3. The number of hydrogen-bond acceptors (Lipinski definition) is 7. The lowest BCUT2D eigenvalue weighted by molar-refractivity contribution is -0.385. The number of benzene rings is 2. The van der Waals surface area contributed by atoms with E-state index in [4.69, 9.17) is 4.74 Å². The van der Waals surface area contributed by atoms with Gasteiger partial charge in [0.2, 0.25) is 0 Å². The van der Waals surface area contributed by atoms with E-state index in [0.29, 0.717) is 16.7 Å². The third-order valence-electron chi connectivity index (χ3n) is 3.40. The first-order chi connectivity index (χ1) is 12.3. The summed E-state index contributed by atoms with van der Waals surface area (Å²) >= 11 is 0. The summed E-state index contributed by atoms with van der Waals surface area (Å²) in [6.07, 6.45) is 1.22. The number of nitro groups is 1. The molecule has 9 nitrogen and oxygen atoms in total. The van der Waals surface area contributed by atoms with Gasteiger partial charge in [0.15, 0.2) is 12.4 Å². The first kappa shape index (κ1) is 18.7. The van der Waals surface area contributed by atoms with Gasteiger partial charge >= 0.3 is 5.69 Å². The fraction of sp³-hybridized carbons (Fsp3) is 0.176. The number of aryl methyl sites for hydroxylation is 2. The van der Waals surface area contributed by atoms with E-state index in [-0.39, 0.29) is 22.9 Å². The molecule has 0 bridgehead atoms. The standard InChI is InChI=1S/C17H17N3O6/c1-10-3-4-16(14(5-10)20(24)25)26-9-17(23)19-18-8-13-11(2)6-12(21)7-15(13)22/h3-8,21-22H,9H2,1-2H3,(H,19,23)/b18-8+. The van der Waals surface area contributed by atoms with Gasteiger partial charge in [-0.1, -0.05) is 6.07 Å². The molecular weight excluding hydrogens is 342 g/mol. The number of phenolic OH excluding ortho intramolecular Hbond substituents is 2. The molecule has 0 atom stereocenters. The molecule has 0 saturated carbocycles. The summed E-state index contributed by atoms with van der Waals surface area (Å²) < 4.78 is 5.17. The van der Waals surface area contributed by atoms with Crippen molar-refractivity contribution in [3.05, 3.63) is 57.1 Å². The fourth-order valence-corrected chi connectivity index (χ4v) is 2.17. The van der Waals surface area contributed by atoms with Crippen molar-refractivity contribution in [2.24, 2.45) is 5.10 Å². The number of nitro benzene ring substituents is 1. The Labute approximate surface area is 148 Å². The first-order valence-electron chi connectivity index (χ1n) is 7.50. The van der Waals surface area contributed by atoms with Crippen LogP contribution in [0.1, 0.15) is 16.7 Å².